The molecule has 2 aromatic rings. The van der Waals surface area contributed by atoms with Crippen molar-refractivity contribution in [1.29, 1.82) is 0 Å². The van der Waals surface area contributed by atoms with Crippen molar-refractivity contribution in [3.05, 3.63) is 53.7 Å². The first kappa shape index (κ1) is 11.2. The van der Waals surface area contributed by atoms with Crippen LogP contribution in [0.4, 0.5) is 4.39 Å². The van der Waals surface area contributed by atoms with Gasteiger partial charge in [0.1, 0.15) is 17.9 Å². The van der Waals surface area contributed by atoms with Gasteiger partial charge >= 0.3 is 5.97 Å². The Morgan fingerprint density at radius 2 is 2.18 bits per heavy atom. The van der Waals surface area contributed by atoms with E-state index in [0.29, 0.717) is 5.76 Å². The molecule has 2 rings (SSSR count). The summed E-state index contributed by atoms with van der Waals surface area (Å²) < 4.78 is 23.5. The Labute approximate surface area is 96.2 Å². The van der Waals surface area contributed by atoms with Crippen LogP contribution in [-0.4, -0.2) is 11.1 Å². The van der Waals surface area contributed by atoms with Crippen molar-refractivity contribution in [1.82, 2.24) is 0 Å². The molecule has 1 heterocycles. The smallest absolute Gasteiger partial charge is 0.339 e. The van der Waals surface area contributed by atoms with Crippen LogP contribution in [0.3, 0.4) is 0 Å². The molecular weight excluding hydrogens is 227 g/mol. The summed E-state index contributed by atoms with van der Waals surface area (Å²) >= 11 is 0. The van der Waals surface area contributed by atoms with Crippen LogP contribution in [0.15, 0.2) is 41.0 Å². The Bertz CT molecular complexity index is 519. The molecule has 0 amide bonds. The van der Waals surface area contributed by atoms with Gasteiger partial charge in [-0.15, -0.1) is 0 Å². The molecule has 0 atom stereocenters. The maximum Gasteiger partial charge on any atom is 0.339 e. The molecule has 0 aliphatic heterocycles. The number of hydrogen-bond donors (Lipinski definition) is 1. The monoisotopic (exact) mass is 236 g/mol. The highest BCUT2D eigenvalue weighted by Gasteiger charge is 2.15. The van der Waals surface area contributed by atoms with Crippen molar-refractivity contribution in [3.8, 4) is 5.75 Å². The summed E-state index contributed by atoms with van der Waals surface area (Å²) in [6.07, 6.45) is 1.46. The van der Waals surface area contributed by atoms with Crippen LogP contribution < -0.4 is 4.74 Å². The third kappa shape index (κ3) is 2.44. The number of hydrogen-bond acceptors (Lipinski definition) is 3. The van der Waals surface area contributed by atoms with Crippen molar-refractivity contribution in [2.45, 2.75) is 6.61 Å². The van der Waals surface area contributed by atoms with Gasteiger partial charge in [0, 0.05) is 0 Å². The van der Waals surface area contributed by atoms with E-state index in [2.05, 4.69) is 0 Å². The van der Waals surface area contributed by atoms with Crippen LogP contribution in [0.25, 0.3) is 0 Å². The minimum Gasteiger partial charge on any atom is -0.482 e. The Hall–Kier alpha value is -2.30. The molecule has 1 aromatic carbocycles. The number of carbonyl (C=O) groups is 1. The fraction of sp³-hybridized carbons (Fsp3) is 0.0833. The van der Waals surface area contributed by atoms with Gasteiger partial charge in [-0.05, 0) is 24.3 Å². The molecule has 5 heteroatoms. The standard InChI is InChI=1S/C12H9FO4/c13-10-5-1-4-9(12(14)15)11(10)17-7-8-3-2-6-16-8/h1-6H,7H2,(H,14,15). The van der Waals surface area contributed by atoms with Gasteiger partial charge in [0.2, 0.25) is 0 Å². The second-order valence-electron chi connectivity index (χ2n) is 3.29. The minimum atomic E-state index is -1.24. The minimum absolute atomic E-state index is 0.0196. The molecule has 0 bridgehead atoms. The fourth-order valence-corrected chi connectivity index (χ4v) is 1.36. The van der Waals surface area contributed by atoms with E-state index in [1.165, 1.54) is 18.4 Å². The quantitative estimate of drug-likeness (QED) is 0.886. The molecule has 1 aromatic heterocycles. The van der Waals surface area contributed by atoms with E-state index < -0.39 is 11.8 Å². The summed E-state index contributed by atoms with van der Waals surface area (Å²) in [6, 6.07) is 7.06. The number of carboxylic acid groups (broad SMARTS) is 1. The number of ether oxygens (including phenoxy) is 1. The largest absolute Gasteiger partial charge is 0.482 e. The van der Waals surface area contributed by atoms with E-state index in [4.69, 9.17) is 14.3 Å². The van der Waals surface area contributed by atoms with Crippen LogP contribution in [-0.2, 0) is 6.61 Å². The lowest BCUT2D eigenvalue weighted by Gasteiger charge is -2.08. The predicted molar refractivity (Wildman–Crippen MR) is 56.4 cm³/mol. The van der Waals surface area contributed by atoms with Gasteiger partial charge in [0.25, 0.3) is 0 Å². The number of furan rings is 1. The van der Waals surface area contributed by atoms with Gasteiger partial charge in [0.15, 0.2) is 11.6 Å². The highest BCUT2D eigenvalue weighted by atomic mass is 19.1. The summed E-state index contributed by atoms with van der Waals surface area (Å²) in [5.41, 5.74) is -0.212. The van der Waals surface area contributed by atoms with Crippen molar-refractivity contribution in [3.63, 3.8) is 0 Å². The van der Waals surface area contributed by atoms with E-state index in [1.54, 1.807) is 12.1 Å². The fourth-order valence-electron chi connectivity index (χ4n) is 1.36. The first-order valence-corrected chi connectivity index (χ1v) is 4.85. The third-order valence-electron chi connectivity index (χ3n) is 2.14. The first-order valence-electron chi connectivity index (χ1n) is 4.85. The second-order valence-corrected chi connectivity index (χ2v) is 3.29. The molecule has 0 unspecified atom stereocenters. The number of aromatic carboxylic acids is 1. The van der Waals surface area contributed by atoms with Crippen molar-refractivity contribution < 1.29 is 23.4 Å². The Kier molecular flexibility index (Phi) is 3.09. The topological polar surface area (TPSA) is 59.7 Å². The molecule has 4 nitrogen and oxygen atoms in total. The van der Waals surface area contributed by atoms with Gasteiger partial charge < -0.3 is 14.3 Å². The summed E-state index contributed by atoms with van der Waals surface area (Å²) in [6.45, 7) is -0.0196. The zero-order chi connectivity index (χ0) is 12.3. The van der Waals surface area contributed by atoms with Gasteiger partial charge in [-0.25, -0.2) is 9.18 Å². The second kappa shape index (κ2) is 4.69. The lowest BCUT2D eigenvalue weighted by atomic mass is 10.2. The molecule has 17 heavy (non-hydrogen) atoms. The molecule has 0 radical (unpaired) electrons. The van der Waals surface area contributed by atoms with E-state index >= 15 is 0 Å². The Morgan fingerprint density at radius 1 is 1.35 bits per heavy atom. The van der Waals surface area contributed by atoms with Gasteiger partial charge in [-0.2, -0.15) is 0 Å². The van der Waals surface area contributed by atoms with Crippen molar-refractivity contribution in [2.24, 2.45) is 0 Å². The Morgan fingerprint density at radius 3 is 2.82 bits per heavy atom. The third-order valence-corrected chi connectivity index (χ3v) is 2.14. The molecule has 0 saturated heterocycles. The summed E-state index contributed by atoms with van der Waals surface area (Å²) in [5.74, 6) is -1.74. The predicted octanol–water partition coefficient (Wildman–Crippen LogP) is 2.70. The van der Waals surface area contributed by atoms with Crippen molar-refractivity contribution in [2.75, 3.05) is 0 Å². The average Bonchev–Trinajstić information content (AvgIpc) is 2.80. The van der Waals surface area contributed by atoms with Crippen molar-refractivity contribution >= 4 is 5.97 Å². The van der Waals surface area contributed by atoms with Crippen LogP contribution in [0, 0.1) is 5.82 Å². The lowest BCUT2D eigenvalue weighted by Crippen LogP contribution is -2.04. The van der Waals surface area contributed by atoms with E-state index in [0.717, 1.165) is 6.07 Å². The van der Waals surface area contributed by atoms with Gasteiger partial charge in [0.05, 0.1) is 6.26 Å². The molecule has 88 valence electrons. The Balaban J connectivity index is 2.22. The normalized spacial score (nSPS) is 10.2. The van der Waals surface area contributed by atoms with Gasteiger partial charge in [-0.1, -0.05) is 6.07 Å². The summed E-state index contributed by atoms with van der Waals surface area (Å²) in [4.78, 5) is 10.9. The number of halogens is 1. The molecule has 0 spiro atoms. The maximum absolute atomic E-state index is 13.4. The number of benzene rings is 1. The molecule has 0 saturated carbocycles. The van der Waals surface area contributed by atoms with Crippen LogP contribution >= 0.6 is 0 Å². The molecule has 0 aliphatic rings. The van der Waals surface area contributed by atoms with Crippen LogP contribution in [0.2, 0.25) is 0 Å². The number of carboxylic acids is 1. The van der Waals surface area contributed by atoms with Gasteiger partial charge in [-0.3, -0.25) is 0 Å². The zero-order valence-corrected chi connectivity index (χ0v) is 8.72. The molecule has 0 aliphatic carbocycles. The molecule has 1 N–H and O–H groups in total. The van der Waals surface area contributed by atoms with E-state index in [9.17, 15) is 9.18 Å². The maximum atomic E-state index is 13.4. The highest BCUT2D eigenvalue weighted by Crippen LogP contribution is 2.23. The number of rotatable bonds is 4. The molecule has 0 fully saturated rings. The lowest BCUT2D eigenvalue weighted by molar-refractivity contribution is 0.0690. The number of para-hydroxylation sites is 1. The zero-order valence-electron chi connectivity index (χ0n) is 8.72. The SMILES string of the molecule is O=C(O)c1cccc(F)c1OCc1ccco1. The van der Waals surface area contributed by atoms with Crippen LogP contribution in [0.1, 0.15) is 16.1 Å². The van der Waals surface area contributed by atoms with E-state index in [1.807, 2.05) is 0 Å². The highest BCUT2D eigenvalue weighted by molar-refractivity contribution is 5.90. The van der Waals surface area contributed by atoms with E-state index in [-0.39, 0.29) is 17.9 Å². The molecular formula is C12H9FO4. The average molecular weight is 236 g/mol. The summed E-state index contributed by atoms with van der Waals surface area (Å²) in [7, 11) is 0. The first-order chi connectivity index (χ1) is 8.18. The summed E-state index contributed by atoms with van der Waals surface area (Å²) in [5, 5.41) is 8.88. The van der Waals surface area contributed by atoms with Crippen LogP contribution in [0.5, 0.6) is 5.75 Å².